The fourth-order valence-electron chi connectivity index (χ4n) is 0.0830. The molecule has 0 bridgehead atoms. The molecule has 0 aliphatic carbocycles. The van der Waals surface area contributed by atoms with Crippen molar-refractivity contribution < 1.29 is 0 Å². The van der Waals surface area contributed by atoms with Crippen LogP contribution in [0.25, 0.3) is 0 Å². The van der Waals surface area contributed by atoms with Gasteiger partial charge in [-0.05, 0) is 12.2 Å². The molecule has 0 aliphatic heterocycles. The monoisotopic (exact) mass is 268 g/mol. The molecule has 0 aromatic rings. The number of guanidine groups is 1. The molecule has 0 rings (SSSR count). The van der Waals surface area contributed by atoms with Crippen LogP contribution in [-0.4, -0.2) is 40.7 Å². The Balaban J connectivity index is -0.000000180. The van der Waals surface area contributed by atoms with E-state index in [0.717, 1.165) is 0 Å². The van der Waals surface area contributed by atoms with Crippen LogP contribution in [0.3, 0.4) is 0 Å². The van der Waals surface area contributed by atoms with Gasteiger partial charge in [0.1, 0.15) is 0 Å². The van der Waals surface area contributed by atoms with Crippen molar-refractivity contribution in [3.8, 4) is 0 Å². The Morgan fingerprint density at radius 3 is 2.33 bits per heavy atom. The fourth-order valence-corrected chi connectivity index (χ4v) is 0.129. The van der Waals surface area contributed by atoms with Gasteiger partial charge in [0.15, 0.2) is 0 Å². The molecular formula is C2H6IN4NaS. The zero-order chi connectivity index (χ0) is 5.70. The molecule has 0 aromatic heterocycles. The summed E-state index contributed by atoms with van der Waals surface area (Å²) in [6, 6.07) is 0. The van der Waals surface area contributed by atoms with Gasteiger partial charge in [0, 0.05) is 0 Å². The van der Waals surface area contributed by atoms with Gasteiger partial charge in [-0.15, -0.1) is 29.1 Å². The molecule has 7 heteroatoms. The first kappa shape index (κ1) is 16.4. The number of nitrogens with zero attached hydrogens (tertiary/aromatic N) is 1. The summed E-state index contributed by atoms with van der Waals surface area (Å²) in [5, 5.41) is 11.6. The van der Waals surface area contributed by atoms with Crippen LogP contribution in [-0.2, 0) is 0 Å². The number of hydrazone groups is 1. The molecule has 0 fully saturated rings. The van der Waals surface area contributed by atoms with Gasteiger partial charge in [-0.1, -0.05) is 0 Å². The van der Waals surface area contributed by atoms with Crippen molar-refractivity contribution in [3.05, 3.63) is 0 Å². The second kappa shape index (κ2) is 11.6. The number of isothiocyanates is 1. The van der Waals surface area contributed by atoms with Gasteiger partial charge in [0.25, 0.3) is 0 Å². The van der Waals surface area contributed by atoms with Crippen LogP contribution in [0.1, 0.15) is 0 Å². The predicted octanol–water partition coefficient (Wildman–Crippen LogP) is -0.543. The summed E-state index contributed by atoms with van der Waals surface area (Å²) in [6.07, 6.45) is 0. The van der Waals surface area contributed by atoms with Crippen LogP contribution < -0.4 is 11.2 Å². The SMILES string of the molecule is I.N=C(N)NN=C=S.[NaH]. The second-order valence-electron chi connectivity index (χ2n) is 0.729. The molecule has 4 N–H and O–H groups in total. The zero-order valence-electron chi connectivity index (χ0n) is 3.84. The van der Waals surface area contributed by atoms with E-state index < -0.39 is 0 Å². The topological polar surface area (TPSA) is 74.3 Å². The van der Waals surface area contributed by atoms with E-state index in [9.17, 15) is 0 Å². The van der Waals surface area contributed by atoms with Crippen LogP contribution in [0.2, 0.25) is 0 Å². The van der Waals surface area contributed by atoms with Crippen LogP contribution in [0.15, 0.2) is 5.10 Å². The average Bonchev–Trinajstić information content (AvgIpc) is 1.61. The van der Waals surface area contributed by atoms with E-state index in [0.29, 0.717) is 0 Å². The van der Waals surface area contributed by atoms with Crippen molar-refractivity contribution in [3.63, 3.8) is 0 Å². The van der Waals surface area contributed by atoms with E-state index in [1.165, 1.54) is 0 Å². The van der Waals surface area contributed by atoms with Gasteiger partial charge in [0.05, 0.1) is 5.16 Å². The molecule has 0 radical (unpaired) electrons. The van der Waals surface area contributed by atoms with E-state index in [-0.39, 0.29) is 59.5 Å². The number of hydrogen-bond acceptors (Lipinski definition) is 3. The molecule has 0 saturated carbocycles. The van der Waals surface area contributed by atoms with Crippen molar-refractivity contribution in [1.29, 1.82) is 5.41 Å². The summed E-state index contributed by atoms with van der Waals surface area (Å²) >= 11 is 4.14. The molecule has 0 unspecified atom stereocenters. The van der Waals surface area contributed by atoms with Crippen molar-refractivity contribution in [1.82, 2.24) is 5.43 Å². The van der Waals surface area contributed by atoms with Gasteiger partial charge in [0.2, 0.25) is 5.96 Å². The second-order valence-corrected chi connectivity index (χ2v) is 0.911. The van der Waals surface area contributed by atoms with Gasteiger partial charge < -0.3 is 5.73 Å². The molecule has 9 heavy (non-hydrogen) atoms. The average molecular weight is 268 g/mol. The van der Waals surface area contributed by atoms with Crippen LogP contribution in [0.5, 0.6) is 0 Å². The van der Waals surface area contributed by atoms with Gasteiger partial charge in [-0.3, -0.25) is 5.41 Å². The summed E-state index contributed by atoms with van der Waals surface area (Å²) < 4.78 is 0. The first-order valence-corrected chi connectivity index (χ1v) is 1.85. The third kappa shape index (κ3) is 17.7. The van der Waals surface area contributed by atoms with Gasteiger partial charge in [-0.25, -0.2) is 5.43 Å². The van der Waals surface area contributed by atoms with Crippen molar-refractivity contribution in [2.75, 3.05) is 0 Å². The van der Waals surface area contributed by atoms with Crippen molar-refractivity contribution in [2.45, 2.75) is 0 Å². The summed E-state index contributed by atoms with van der Waals surface area (Å²) in [5.74, 6) is -0.239. The van der Waals surface area contributed by atoms with E-state index >= 15 is 0 Å². The molecule has 48 valence electrons. The Bertz CT molecular complexity index is 122. The minimum atomic E-state index is -0.239. The van der Waals surface area contributed by atoms with Crippen LogP contribution >= 0.6 is 36.2 Å². The molecule has 4 nitrogen and oxygen atoms in total. The molecule has 0 saturated heterocycles. The summed E-state index contributed by atoms with van der Waals surface area (Å²) in [6.45, 7) is 0. The molecule has 0 heterocycles. The first-order valence-electron chi connectivity index (χ1n) is 1.44. The third-order valence-electron chi connectivity index (χ3n) is 0.222. The molecule has 0 atom stereocenters. The predicted molar refractivity (Wildman–Crippen MR) is 52.6 cm³/mol. The first-order chi connectivity index (χ1) is 3.27. The third-order valence-corrected chi connectivity index (χ3v) is 0.313. The Kier molecular flexibility index (Phi) is 21.1. The minimum absolute atomic E-state index is 0. The summed E-state index contributed by atoms with van der Waals surface area (Å²) in [5.41, 5.74) is 6.84. The number of rotatable bonds is 1. The summed E-state index contributed by atoms with van der Waals surface area (Å²) in [4.78, 5) is 0. The van der Waals surface area contributed by atoms with E-state index in [4.69, 9.17) is 11.1 Å². The maximum atomic E-state index is 6.48. The Morgan fingerprint density at radius 2 is 2.22 bits per heavy atom. The molecule has 0 aliphatic rings. The van der Waals surface area contributed by atoms with E-state index in [1.807, 2.05) is 5.16 Å². The summed E-state index contributed by atoms with van der Waals surface area (Å²) in [7, 11) is 0. The molecular weight excluding hydrogens is 262 g/mol. The maximum absolute atomic E-state index is 6.48. The molecule has 0 spiro atoms. The number of hydrogen-bond donors (Lipinski definition) is 3. The zero-order valence-corrected chi connectivity index (χ0v) is 6.99. The number of nitrogens with one attached hydrogen (secondary N) is 2. The van der Waals surface area contributed by atoms with Gasteiger partial charge >= 0.3 is 29.6 Å². The number of thiocarbonyl (C=S) groups is 1. The standard InChI is InChI=1S/C2H4N4S.HI.Na.H/c3-2(4)6-5-1-7;;;/h(H4,3,4,6);1H;;. The van der Waals surface area contributed by atoms with Crippen molar-refractivity contribution in [2.24, 2.45) is 10.8 Å². The number of halogens is 1. The quantitative estimate of drug-likeness (QED) is 0.149. The molecule has 0 amide bonds. The van der Waals surface area contributed by atoms with Crippen LogP contribution in [0.4, 0.5) is 0 Å². The normalized spacial score (nSPS) is 4.89. The number of nitrogens with two attached hydrogens (primary N) is 1. The Morgan fingerprint density at radius 1 is 1.78 bits per heavy atom. The molecule has 0 aromatic carbocycles. The Labute approximate surface area is 97.5 Å². The van der Waals surface area contributed by atoms with Crippen molar-refractivity contribution >= 4 is 76.9 Å². The van der Waals surface area contributed by atoms with E-state index in [2.05, 4.69) is 22.7 Å². The fraction of sp³-hybridized carbons (Fsp3) is 0. The van der Waals surface area contributed by atoms with Crippen LogP contribution in [0, 0.1) is 5.41 Å². The Hall–Kier alpha value is 0.800. The van der Waals surface area contributed by atoms with E-state index in [1.54, 1.807) is 0 Å². The van der Waals surface area contributed by atoms with Gasteiger partial charge in [-0.2, -0.15) is 0 Å².